The lowest BCUT2D eigenvalue weighted by molar-refractivity contribution is 0.0202. The van der Waals surface area contributed by atoms with Crippen LogP contribution in [0.1, 0.15) is 76.5 Å². The maximum absolute atomic E-state index is 13.7. The molecule has 41 heavy (non-hydrogen) atoms. The van der Waals surface area contributed by atoms with Crippen molar-refractivity contribution in [2.45, 2.75) is 69.6 Å². The topological polar surface area (TPSA) is 94.8 Å². The fraction of sp³-hybridized carbons (Fsp3) is 0.400. The van der Waals surface area contributed by atoms with Gasteiger partial charge in [-0.15, -0.1) is 0 Å². The zero-order valence-corrected chi connectivity index (χ0v) is 24.8. The average Bonchev–Trinajstić information content (AvgIpc) is 3.45. The van der Waals surface area contributed by atoms with E-state index in [1.165, 1.54) is 7.11 Å². The Morgan fingerprint density at radius 3 is 2.41 bits per heavy atom. The third-order valence-corrected chi connectivity index (χ3v) is 10.00. The number of esters is 2. The summed E-state index contributed by atoms with van der Waals surface area (Å²) in [6.45, 7) is 1.96. The molecule has 0 radical (unpaired) electrons. The van der Waals surface area contributed by atoms with Crippen molar-refractivity contribution in [3.63, 3.8) is 0 Å². The van der Waals surface area contributed by atoms with Crippen molar-refractivity contribution in [3.05, 3.63) is 62.8 Å². The van der Waals surface area contributed by atoms with Crippen molar-refractivity contribution in [2.75, 3.05) is 12.0 Å². The molecule has 2 aromatic carbocycles. The summed E-state index contributed by atoms with van der Waals surface area (Å²) in [5.41, 5.74) is 3.52. The van der Waals surface area contributed by atoms with E-state index in [4.69, 9.17) is 42.2 Å². The number of hydrogen-bond acceptors (Lipinski definition) is 9. The standard InChI is InChI=1S/C30H27Cl2N3O5S/c1-14-10-16(28(36)38-2)11-22-25(14)33-30(41-22)35-17-8-9-18(35)13-19(12-17)39-29(37)24-26(34-40-27(24)15-6-7-15)23-20(31)4-3-5-21(23)32/h3-5,10-11,15,17-19H,6-9,12-13H2,1-2H3/t17-,18+,19+. The number of aryl methyl sites for hydroxylation is 1. The van der Waals surface area contributed by atoms with Gasteiger partial charge in [0.15, 0.2) is 10.9 Å². The quantitative estimate of drug-likeness (QED) is 0.206. The van der Waals surface area contributed by atoms with Crippen molar-refractivity contribution < 1.29 is 23.6 Å². The molecule has 0 spiro atoms. The molecule has 3 aliphatic rings. The zero-order chi connectivity index (χ0) is 28.4. The van der Waals surface area contributed by atoms with Crippen molar-refractivity contribution in [2.24, 2.45) is 0 Å². The first kappa shape index (κ1) is 26.7. The number of thiazole rings is 1. The van der Waals surface area contributed by atoms with Crippen LogP contribution in [0.2, 0.25) is 10.0 Å². The molecule has 4 heterocycles. The van der Waals surface area contributed by atoms with Gasteiger partial charge in [0.2, 0.25) is 0 Å². The van der Waals surface area contributed by atoms with Crippen LogP contribution in [0.3, 0.4) is 0 Å². The van der Waals surface area contributed by atoms with E-state index in [0.29, 0.717) is 51.0 Å². The van der Waals surface area contributed by atoms with E-state index in [-0.39, 0.29) is 30.1 Å². The molecule has 1 saturated carbocycles. The molecular weight excluding hydrogens is 585 g/mol. The number of anilines is 1. The minimum absolute atomic E-state index is 0.153. The van der Waals surface area contributed by atoms with Crippen LogP contribution in [-0.2, 0) is 9.47 Å². The maximum atomic E-state index is 13.7. The fourth-order valence-corrected chi connectivity index (χ4v) is 8.10. The lowest BCUT2D eigenvalue weighted by Crippen LogP contribution is -2.46. The molecule has 0 N–H and O–H groups in total. The van der Waals surface area contributed by atoms with Crippen LogP contribution in [0.5, 0.6) is 0 Å². The summed E-state index contributed by atoms with van der Waals surface area (Å²) in [4.78, 5) is 33.2. The van der Waals surface area contributed by atoms with Gasteiger partial charge in [-0.3, -0.25) is 0 Å². The molecule has 4 aromatic rings. The van der Waals surface area contributed by atoms with E-state index < -0.39 is 5.97 Å². The predicted octanol–water partition coefficient (Wildman–Crippen LogP) is 7.59. The number of aromatic nitrogens is 2. The highest BCUT2D eigenvalue weighted by Crippen LogP contribution is 2.47. The molecule has 0 amide bonds. The highest BCUT2D eigenvalue weighted by molar-refractivity contribution is 7.22. The SMILES string of the molecule is COC(=O)c1cc(C)c2nc(N3[C@@H]4CC[C@H]3C[C@@H](OC(=O)c3c(-c5c(Cl)cccc5Cl)noc3C3CC3)C4)sc2c1. The van der Waals surface area contributed by atoms with E-state index in [1.54, 1.807) is 29.5 Å². The summed E-state index contributed by atoms with van der Waals surface area (Å²) in [5, 5.41) is 5.98. The number of halogens is 2. The first-order valence-corrected chi connectivity index (χ1v) is 15.3. The van der Waals surface area contributed by atoms with Crippen LogP contribution >= 0.6 is 34.5 Å². The molecule has 2 aromatic heterocycles. The van der Waals surface area contributed by atoms with Crippen molar-refractivity contribution >= 4 is 61.8 Å². The summed E-state index contributed by atoms with van der Waals surface area (Å²) in [6.07, 6.45) is 5.06. The number of piperidine rings is 1. The number of fused-ring (bicyclic) bond motifs is 3. The number of benzene rings is 2. The lowest BCUT2D eigenvalue weighted by Gasteiger charge is -2.38. The summed E-state index contributed by atoms with van der Waals surface area (Å²) >= 11 is 14.5. The first-order valence-electron chi connectivity index (χ1n) is 13.7. The largest absolute Gasteiger partial charge is 0.465 e. The maximum Gasteiger partial charge on any atom is 0.344 e. The van der Waals surface area contributed by atoms with Crippen molar-refractivity contribution in [3.8, 4) is 11.3 Å². The molecule has 212 valence electrons. The summed E-state index contributed by atoms with van der Waals surface area (Å²) < 4.78 is 17.7. The molecule has 3 atom stereocenters. The molecule has 11 heteroatoms. The van der Waals surface area contributed by atoms with Gasteiger partial charge in [-0.2, -0.15) is 0 Å². The number of hydrogen-bond donors (Lipinski definition) is 0. The second-order valence-electron chi connectivity index (χ2n) is 11.1. The Morgan fingerprint density at radius 1 is 1.05 bits per heavy atom. The molecule has 2 aliphatic heterocycles. The Kier molecular flexibility index (Phi) is 6.71. The fourth-order valence-electron chi connectivity index (χ4n) is 6.30. The number of nitrogens with zero attached hydrogens (tertiary/aromatic N) is 3. The molecular formula is C30H27Cl2N3O5S. The van der Waals surface area contributed by atoms with Crippen molar-refractivity contribution in [1.29, 1.82) is 0 Å². The molecule has 1 aliphatic carbocycles. The summed E-state index contributed by atoms with van der Waals surface area (Å²) in [6, 6.07) is 9.27. The molecule has 3 fully saturated rings. The Hall–Kier alpha value is -3.14. The Bertz CT molecular complexity index is 1660. The molecule has 2 saturated heterocycles. The van der Waals surface area contributed by atoms with Gasteiger partial charge in [-0.1, -0.05) is 45.8 Å². The summed E-state index contributed by atoms with van der Waals surface area (Å²) in [7, 11) is 1.39. The Morgan fingerprint density at radius 2 is 1.76 bits per heavy atom. The Labute approximate surface area is 250 Å². The highest BCUT2D eigenvalue weighted by atomic mass is 35.5. The number of methoxy groups -OCH3 is 1. The van der Waals surface area contributed by atoms with Crippen LogP contribution in [0, 0.1) is 6.92 Å². The second-order valence-corrected chi connectivity index (χ2v) is 12.9. The molecule has 7 rings (SSSR count). The molecule has 0 unspecified atom stereocenters. The van der Waals surface area contributed by atoms with Gasteiger partial charge >= 0.3 is 11.9 Å². The third-order valence-electron chi connectivity index (χ3n) is 8.35. The van der Waals surface area contributed by atoms with Crippen molar-refractivity contribution in [1.82, 2.24) is 10.1 Å². The highest BCUT2D eigenvalue weighted by Gasteiger charge is 2.45. The monoisotopic (exact) mass is 611 g/mol. The molecule has 8 nitrogen and oxygen atoms in total. The number of ether oxygens (including phenoxy) is 2. The van der Waals surface area contributed by atoms with Gasteiger partial charge in [-0.25, -0.2) is 14.6 Å². The average molecular weight is 613 g/mol. The predicted molar refractivity (Wildman–Crippen MR) is 157 cm³/mol. The van der Waals surface area contributed by atoms with Crippen LogP contribution in [0.25, 0.3) is 21.5 Å². The van der Waals surface area contributed by atoms with Gasteiger partial charge in [0.1, 0.15) is 17.4 Å². The van der Waals surface area contributed by atoms with Gasteiger partial charge in [0.25, 0.3) is 0 Å². The van der Waals surface area contributed by atoms with Crippen LogP contribution < -0.4 is 4.90 Å². The number of carbonyl (C=O) groups is 2. The molecule has 2 bridgehead atoms. The lowest BCUT2D eigenvalue weighted by atomic mass is 9.99. The van der Waals surface area contributed by atoms with E-state index in [1.807, 2.05) is 19.1 Å². The smallest absolute Gasteiger partial charge is 0.344 e. The summed E-state index contributed by atoms with van der Waals surface area (Å²) in [5.74, 6) is -0.0916. The van der Waals surface area contributed by atoms with E-state index in [0.717, 1.165) is 46.6 Å². The van der Waals surface area contributed by atoms with Gasteiger partial charge in [-0.05, 0) is 62.4 Å². The van der Waals surface area contributed by atoms with E-state index in [2.05, 4.69) is 10.1 Å². The van der Waals surface area contributed by atoms with Crippen LogP contribution in [0.4, 0.5) is 5.13 Å². The third kappa shape index (κ3) is 4.68. The number of carbonyl (C=O) groups excluding carboxylic acids is 2. The van der Waals surface area contributed by atoms with Gasteiger partial charge < -0.3 is 18.9 Å². The first-order chi connectivity index (χ1) is 19.8. The number of rotatable bonds is 6. The van der Waals surface area contributed by atoms with Crippen LogP contribution in [-0.4, -0.2) is 47.4 Å². The zero-order valence-electron chi connectivity index (χ0n) is 22.5. The van der Waals surface area contributed by atoms with Crippen LogP contribution in [0.15, 0.2) is 34.9 Å². The minimum Gasteiger partial charge on any atom is -0.465 e. The van der Waals surface area contributed by atoms with E-state index >= 15 is 0 Å². The minimum atomic E-state index is -0.442. The normalized spacial score (nSPS) is 21.9. The van der Waals surface area contributed by atoms with Gasteiger partial charge in [0.05, 0.1) is 32.9 Å². The van der Waals surface area contributed by atoms with Gasteiger partial charge in [0, 0.05) is 36.4 Å². The Balaban J connectivity index is 1.13. The second kappa shape index (κ2) is 10.3. The van der Waals surface area contributed by atoms with E-state index in [9.17, 15) is 9.59 Å².